The number of para-hydroxylation sites is 2. The third-order valence-electron chi connectivity index (χ3n) is 5.68. The maximum Gasteiger partial charge on any atom is 0.323 e. The third-order valence-corrected chi connectivity index (χ3v) is 6.60. The van der Waals surface area contributed by atoms with Crippen molar-refractivity contribution in [3.63, 3.8) is 0 Å². The van der Waals surface area contributed by atoms with Crippen LogP contribution >= 0.6 is 11.3 Å². The number of aryl methyl sites for hydroxylation is 1. The molecule has 0 spiro atoms. The molecule has 1 N–H and O–H groups in total. The quantitative estimate of drug-likeness (QED) is 0.424. The Morgan fingerprint density at radius 3 is 2.70 bits per heavy atom. The molecule has 0 radical (unpaired) electrons. The summed E-state index contributed by atoms with van der Waals surface area (Å²) in [7, 11) is 0. The highest BCUT2D eigenvalue weighted by atomic mass is 32.1. The van der Waals surface area contributed by atoms with Gasteiger partial charge in [0.25, 0.3) is 0 Å². The lowest BCUT2D eigenvalue weighted by molar-refractivity contribution is 0.195. The van der Waals surface area contributed by atoms with E-state index in [9.17, 15) is 4.79 Å². The van der Waals surface area contributed by atoms with Crippen molar-refractivity contribution in [1.29, 1.82) is 0 Å². The molecule has 0 unspecified atom stereocenters. The minimum Gasteiger partial charge on any atom is -0.318 e. The summed E-state index contributed by atoms with van der Waals surface area (Å²) in [5.74, 6) is 0. The molecule has 2 aromatic heterocycles. The van der Waals surface area contributed by atoms with Crippen molar-refractivity contribution >= 4 is 23.1 Å². The van der Waals surface area contributed by atoms with E-state index >= 15 is 0 Å². The number of thiophene rings is 1. The molecule has 30 heavy (non-hydrogen) atoms. The Morgan fingerprint density at radius 2 is 1.87 bits per heavy atom. The van der Waals surface area contributed by atoms with E-state index in [1.807, 2.05) is 35.2 Å². The number of nitrogens with one attached hydrogen (secondary N) is 1. The number of benzene rings is 2. The van der Waals surface area contributed by atoms with Gasteiger partial charge in [0.2, 0.25) is 0 Å². The predicted molar refractivity (Wildman–Crippen MR) is 122 cm³/mol. The number of hydrogen-bond donors (Lipinski definition) is 1. The fraction of sp³-hybridized carbons (Fsp3) is 0.160. The van der Waals surface area contributed by atoms with Crippen LogP contribution in [0.2, 0.25) is 0 Å². The summed E-state index contributed by atoms with van der Waals surface area (Å²) in [6, 6.07) is 24.4. The molecule has 0 aliphatic carbocycles. The Bertz CT molecular complexity index is 1180. The summed E-state index contributed by atoms with van der Waals surface area (Å²) in [6.45, 7) is 2.65. The normalized spacial score (nSPS) is 15.2. The van der Waals surface area contributed by atoms with E-state index in [4.69, 9.17) is 0 Å². The molecule has 0 saturated carbocycles. The van der Waals surface area contributed by atoms with Gasteiger partial charge >= 0.3 is 6.03 Å². The number of urea groups is 1. The van der Waals surface area contributed by atoms with Crippen LogP contribution in [-0.2, 0) is 13.0 Å². The van der Waals surface area contributed by atoms with Gasteiger partial charge in [-0.15, -0.1) is 11.3 Å². The molecule has 0 bridgehead atoms. The molecule has 4 nitrogen and oxygen atoms in total. The van der Waals surface area contributed by atoms with Crippen molar-refractivity contribution in [3.05, 3.63) is 106 Å². The van der Waals surface area contributed by atoms with Gasteiger partial charge in [0, 0.05) is 16.8 Å². The first-order valence-corrected chi connectivity index (χ1v) is 11.1. The van der Waals surface area contributed by atoms with Crippen LogP contribution in [0.5, 0.6) is 0 Å². The Hall–Kier alpha value is -3.31. The second-order valence-corrected chi connectivity index (χ2v) is 8.40. The molecular weight excluding hydrogens is 390 g/mol. The number of rotatable bonds is 3. The summed E-state index contributed by atoms with van der Waals surface area (Å²) < 4.78 is 2.22. The molecule has 2 aromatic carbocycles. The van der Waals surface area contributed by atoms with Crippen LogP contribution in [0, 0.1) is 0 Å². The summed E-state index contributed by atoms with van der Waals surface area (Å²) >= 11 is 1.68. The minimum atomic E-state index is -0.152. The van der Waals surface area contributed by atoms with Gasteiger partial charge in [-0.05, 0) is 53.3 Å². The topological polar surface area (TPSA) is 37.3 Å². The number of hydrogen-bond acceptors (Lipinski definition) is 2. The first-order chi connectivity index (χ1) is 14.8. The average Bonchev–Trinajstić information content (AvgIpc) is 3.45. The maximum absolute atomic E-state index is 13.6. The second kappa shape index (κ2) is 7.84. The highest BCUT2D eigenvalue weighted by Gasteiger charge is 2.33. The van der Waals surface area contributed by atoms with Crippen molar-refractivity contribution < 1.29 is 4.79 Å². The Balaban J connectivity index is 1.61. The maximum atomic E-state index is 13.6. The van der Waals surface area contributed by atoms with Crippen LogP contribution < -0.4 is 5.32 Å². The minimum absolute atomic E-state index is 0.0845. The third kappa shape index (κ3) is 3.21. The van der Waals surface area contributed by atoms with Gasteiger partial charge in [0.15, 0.2) is 0 Å². The van der Waals surface area contributed by atoms with Gasteiger partial charge < -0.3 is 14.8 Å². The van der Waals surface area contributed by atoms with Gasteiger partial charge in [0.05, 0.1) is 17.9 Å². The van der Waals surface area contributed by atoms with E-state index in [2.05, 4.69) is 70.8 Å². The molecule has 2 amide bonds. The van der Waals surface area contributed by atoms with Crippen LogP contribution in [-0.4, -0.2) is 15.5 Å². The zero-order valence-electron chi connectivity index (χ0n) is 16.8. The smallest absolute Gasteiger partial charge is 0.318 e. The molecule has 150 valence electrons. The molecule has 0 saturated heterocycles. The van der Waals surface area contributed by atoms with E-state index in [1.54, 1.807) is 11.3 Å². The van der Waals surface area contributed by atoms with Crippen molar-refractivity contribution in [2.24, 2.45) is 0 Å². The monoisotopic (exact) mass is 413 g/mol. The zero-order valence-corrected chi connectivity index (χ0v) is 17.6. The number of carbonyl (C=O) groups excluding carboxylic acids is 1. The summed E-state index contributed by atoms with van der Waals surface area (Å²) in [6.07, 6.45) is 2.96. The molecule has 1 aliphatic rings. The number of fused-ring (bicyclic) bond motifs is 3. The van der Waals surface area contributed by atoms with Crippen LogP contribution in [0.15, 0.2) is 84.4 Å². The first kappa shape index (κ1) is 18.7. The number of anilines is 1. The molecule has 5 rings (SSSR count). The SMILES string of the molecule is CCc1ccccc1NC(=O)N1Cc2ccccc2-n2cccc2[C@H]1c1cccs1. The largest absolute Gasteiger partial charge is 0.323 e. The van der Waals surface area contributed by atoms with Crippen molar-refractivity contribution in [2.75, 3.05) is 5.32 Å². The number of aromatic nitrogens is 1. The lowest BCUT2D eigenvalue weighted by Crippen LogP contribution is -2.37. The summed E-state index contributed by atoms with van der Waals surface area (Å²) in [4.78, 5) is 16.8. The number of nitrogens with zero attached hydrogens (tertiary/aromatic N) is 2. The van der Waals surface area contributed by atoms with Crippen LogP contribution in [0.1, 0.15) is 34.7 Å². The van der Waals surface area contributed by atoms with Crippen LogP contribution in [0.4, 0.5) is 10.5 Å². The molecule has 1 atom stereocenters. The second-order valence-electron chi connectivity index (χ2n) is 7.42. The molecular formula is C25H23N3OS. The van der Waals surface area contributed by atoms with Crippen LogP contribution in [0.3, 0.4) is 0 Å². The fourth-order valence-electron chi connectivity index (χ4n) is 4.22. The van der Waals surface area contributed by atoms with Crippen molar-refractivity contribution in [2.45, 2.75) is 25.9 Å². The lowest BCUT2D eigenvalue weighted by Gasteiger charge is -2.30. The molecule has 0 fully saturated rings. The summed E-state index contributed by atoms with van der Waals surface area (Å²) in [5.41, 5.74) is 5.37. The van der Waals surface area contributed by atoms with Gasteiger partial charge in [-0.2, -0.15) is 0 Å². The van der Waals surface area contributed by atoms with E-state index in [-0.39, 0.29) is 12.1 Å². The molecule has 3 heterocycles. The van der Waals surface area contributed by atoms with E-state index in [0.717, 1.165) is 39.5 Å². The first-order valence-electron chi connectivity index (χ1n) is 10.2. The van der Waals surface area contributed by atoms with Crippen molar-refractivity contribution in [3.8, 4) is 5.69 Å². The summed E-state index contributed by atoms with van der Waals surface area (Å²) in [5, 5.41) is 5.26. The molecule has 1 aliphatic heterocycles. The van der Waals surface area contributed by atoms with Gasteiger partial charge in [-0.25, -0.2) is 4.79 Å². The molecule has 5 heteroatoms. The van der Waals surface area contributed by atoms with Gasteiger partial charge in [-0.1, -0.05) is 49.4 Å². The number of carbonyl (C=O) groups is 1. The van der Waals surface area contributed by atoms with Crippen molar-refractivity contribution in [1.82, 2.24) is 9.47 Å². The Kier molecular flexibility index (Phi) is 4.89. The highest BCUT2D eigenvalue weighted by molar-refractivity contribution is 7.10. The number of amides is 2. The standard InChI is InChI=1S/C25H23N3OS/c1-2-18-9-3-5-11-20(18)26-25(29)28-17-19-10-4-6-12-21(19)27-15-7-13-22(27)24(28)23-14-8-16-30-23/h3-16,24H,2,17H2,1H3,(H,26,29)/t24-/m0/s1. The Labute approximate surface area is 180 Å². The average molecular weight is 414 g/mol. The predicted octanol–water partition coefficient (Wildman–Crippen LogP) is 6.24. The highest BCUT2D eigenvalue weighted by Crippen LogP contribution is 2.38. The van der Waals surface area contributed by atoms with Crippen LogP contribution in [0.25, 0.3) is 5.69 Å². The van der Waals surface area contributed by atoms with E-state index < -0.39 is 0 Å². The van der Waals surface area contributed by atoms with Gasteiger partial charge in [-0.3, -0.25) is 0 Å². The Morgan fingerprint density at radius 1 is 1.03 bits per heavy atom. The van der Waals surface area contributed by atoms with E-state index in [0.29, 0.717) is 6.54 Å². The zero-order chi connectivity index (χ0) is 20.5. The van der Waals surface area contributed by atoms with E-state index in [1.165, 1.54) is 0 Å². The molecule has 4 aromatic rings. The lowest BCUT2D eigenvalue weighted by atomic mass is 10.1. The van der Waals surface area contributed by atoms with Gasteiger partial charge in [0.1, 0.15) is 6.04 Å². The fourth-order valence-corrected chi connectivity index (χ4v) is 5.07.